The smallest absolute Gasteiger partial charge is 0.255 e. The lowest BCUT2D eigenvalue weighted by Gasteiger charge is -2.34. The lowest BCUT2D eigenvalue weighted by molar-refractivity contribution is -0.122. The number of anilines is 1. The number of benzene rings is 2. The zero-order valence-electron chi connectivity index (χ0n) is 15.9. The zero-order chi connectivity index (χ0) is 19.9. The van der Waals surface area contributed by atoms with Crippen LogP contribution >= 0.6 is 0 Å². The molecule has 1 heterocycles. The van der Waals surface area contributed by atoms with Crippen molar-refractivity contribution in [1.29, 1.82) is 0 Å². The van der Waals surface area contributed by atoms with Crippen molar-refractivity contribution in [2.75, 3.05) is 45.1 Å². The van der Waals surface area contributed by atoms with Gasteiger partial charge in [0, 0.05) is 50.0 Å². The number of carbonyl (C=O) groups is 3. The molecule has 1 fully saturated rings. The highest BCUT2D eigenvalue weighted by Gasteiger charge is 2.23. The molecule has 2 N–H and O–H groups in total. The van der Waals surface area contributed by atoms with Crippen molar-refractivity contribution in [3.8, 4) is 0 Å². The first-order chi connectivity index (χ1) is 13.6. The quantitative estimate of drug-likeness (QED) is 0.823. The minimum absolute atomic E-state index is 0.0204. The number of nitrogens with one attached hydrogen (secondary N) is 2. The molecule has 0 aliphatic carbocycles. The molecule has 0 aromatic heterocycles. The van der Waals surface area contributed by atoms with Gasteiger partial charge in [-0.1, -0.05) is 18.2 Å². The summed E-state index contributed by atoms with van der Waals surface area (Å²) in [6.07, 6.45) is 0. The Hall–Kier alpha value is -3.19. The number of carbonyl (C=O) groups excluding carboxylic acids is 3. The molecule has 3 amide bonds. The second-order valence-corrected chi connectivity index (χ2v) is 6.64. The third kappa shape index (κ3) is 4.95. The highest BCUT2D eigenvalue weighted by Crippen LogP contribution is 2.14. The number of likely N-dealkylation sites (N-methyl/N-ethyl adjacent to an activating group) is 1. The molecule has 0 radical (unpaired) electrons. The van der Waals surface area contributed by atoms with Crippen molar-refractivity contribution in [3.05, 3.63) is 65.7 Å². The van der Waals surface area contributed by atoms with E-state index in [-0.39, 0.29) is 17.7 Å². The Morgan fingerprint density at radius 3 is 2.11 bits per heavy atom. The van der Waals surface area contributed by atoms with Crippen LogP contribution in [0.3, 0.4) is 0 Å². The molecule has 3 rings (SSSR count). The van der Waals surface area contributed by atoms with Gasteiger partial charge in [0.1, 0.15) is 0 Å². The average Bonchev–Trinajstić information content (AvgIpc) is 2.75. The largest absolute Gasteiger partial charge is 0.358 e. The lowest BCUT2D eigenvalue weighted by Crippen LogP contribution is -2.50. The molecule has 0 saturated carbocycles. The Labute approximate surface area is 164 Å². The summed E-state index contributed by atoms with van der Waals surface area (Å²) in [6, 6.07) is 15.9. The van der Waals surface area contributed by atoms with Gasteiger partial charge in [0.25, 0.3) is 11.8 Å². The number of amides is 3. The molecular formula is C21H24N4O3. The van der Waals surface area contributed by atoms with Gasteiger partial charge >= 0.3 is 0 Å². The number of hydrogen-bond donors (Lipinski definition) is 2. The summed E-state index contributed by atoms with van der Waals surface area (Å²) in [4.78, 5) is 40.1. The van der Waals surface area contributed by atoms with Crippen LogP contribution in [0.1, 0.15) is 20.7 Å². The predicted molar refractivity (Wildman–Crippen MR) is 107 cm³/mol. The van der Waals surface area contributed by atoms with E-state index in [0.29, 0.717) is 49.5 Å². The molecule has 0 spiro atoms. The Morgan fingerprint density at radius 1 is 0.857 bits per heavy atom. The zero-order valence-corrected chi connectivity index (χ0v) is 15.9. The highest BCUT2D eigenvalue weighted by molar-refractivity contribution is 6.04. The van der Waals surface area contributed by atoms with Crippen molar-refractivity contribution in [2.24, 2.45) is 0 Å². The van der Waals surface area contributed by atoms with Crippen LogP contribution in [0.25, 0.3) is 0 Å². The van der Waals surface area contributed by atoms with E-state index in [1.165, 1.54) is 0 Å². The highest BCUT2D eigenvalue weighted by atomic mass is 16.2. The molecule has 0 bridgehead atoms. The fourth-order valence-corrected chi connectivity index (χ4v) is 3.06. The molecule has 7 heteroatoms. The van der Waals surface area contributed by atoms with Crippen LogP contribution in [0.4, 0.5) is 5.69 Å². The normalized spacial score (nSPS) is 14.4. The fourth-order valence-electron chi connectivity index (χ4n) is 3.06. The molecule has 1 aliphatic heterocycles. The molecule has 0 unspecified atom stereocenters. The topological polar surface area (TPSA) is 81.8 Å². The fraction of sp³-hybridized carbons (Fsp3) is 0.286. The second kappa shape index (κ2) is 9.14. The number of piperazine rings is 1. The van der Waals surface area contributed by atoms with E-state index >= 15 is 0 Å². The molecule has 2 aromatic carbocycles. The number of rotatable bonds is 5. The Kier molecular flexibility index (Phi) is 6.39. The van der Waals surface area contributed by atoms with Crippen molar-refractivity contribution >= 4 is 23.4 Å². The molecule has 1 aliphatic rings. The van der Waals surface area contributed by atoms with E-state index in [1.54, 1.807) is 48.3 Å². The van der Waals surface area contributed by atoms with Gasteiger partial charge in [-0.15, -0.1) is 0 Å². The summed E-state index contributed by atoms with van der Waals surface area (Å²) in [5, 5.41) is 5.44. The monoisotopic (exact) mass is 380 g/mol. The van der Waals surface area contributed by atoms with Gasteiger partial charge in [-0.3, -0.25) is 19.3 Å². The van der Waals surface area contributed by atoms with Crippen LogP contribution in [0.5, 0.6) is 0 Å². The molecule has 1 saturated heterocycles. The van der Waals surface area contributed by atoms with Crippen molar-refractivity contribution in [2.45, 2.75) is 0 Å². The SMILES string of the molecule is CNC(=O)CN1CCN(C(=O)c2ccc(NC(=O)c3ccccc3)cc2)CC1. The summed E-state index contributed by atoms with van der Waals surface area (Å²) in [5.74, 6) is -0.250. The van der Waals surface area contributed by atoms with Crippen LogP contribution in [0, 0.1) is 0 Å². The van der Waals surface area contributed by atoms with Gasteiger partial charge in [-0.05, 0) is 36.4 Å². The summed E-state index contributed by atoms with van der Waals surface area (Å²) >= 11 is 0. The minimum atomic E-state index is -0.188. The Balaban J connectivity index is 1.54. The van der Waals surface area contributed by atoms with E-state index in [0.717, 1.165) is 0 Å². The second-order valence-electron chi connectivity index (χ2n) is 6.64. The van der Waals surface area contributed by atoms with E-state index < -0.39 is 0 Å². The predicted octanol–water partition coefficient (Wildman–Crippen LogP) is 1.44. The van der Waals surface area contributed by atoms with E-state index in [4.69, 9.17) is 0 Å². The average molecular weight is 380 g/mol. The third-order valence-electron chi connectivity index (χ3n) is 4.73. The lowest BCUT2D eigenvalue weighted by atomic mass is 10.1. The summed E-state index contributed by atoms with van der Waals surface area (Å²) in [6.45, 7) is 2.87. The maximum absolute atomic E-state index is 12.7. The summed E-state index contributed by atoms with van der Waals surface area (Å²) in [5.41, 5.74) is 1.80. The minimum Gasteiger partial charge on any atom is -0.358 e. The van der Waals surface area contributed by atoms with Crippen molar-refractivity contribution < 1.29 is 14.4 Å². The Morgan fingerprint density at radius 2 is 1.50 bits per heavy atom. The Bertz CT molecular complexity index is 828. The van der Waals surface area contributed by atoms with E-state index in [9.17, 15) is 14.4 Å². The molecule has 7 nitrogen and oxygen atoms in total. The van der Waals surface area contributed by atoms with Gasteiger partial charge in [0.15, 0.2) is 0 Å². The van der Waals surface area contributed by atoms with Gasteiger partial charge in [-0.25, -0.2) is 0 Å². The maximum Gasteiger partial charge on any atom is 0.255 e. The molecule has 28 heavy (non-hydrogen) atoms. The van der Waals surface area contributed by atoms with E-state index in [1.807, 2.05) is 23.1 Å². The number of nitrogens with zero attached hydrogens (tertiary/aromatic N) is 2. The first-order valence-electron chi connectivity index (χ1n) is 9.25. The number of hydrogen-bond acceptors (Lipinski definition) is 4. The van der Waals surface area contributed by atoms with Crippen molar-refractivity contribution in [3.63, 3.8) is 0 Å². The van der Waals surface area contributed by atoms with Crippen LogP contribution < -0.4 is 10.6 Å². The van der Waals surface area contributed by atoms with Gasteiger partial charge < -0.3 is 15.5 Å². The van der Waals surface area contributed by atoms with Crippen LogP contribution in [0.15, 0.2) is 54.6 Å². The first-order valence-corrected chi connectivity index (χ1v) is 9.25. The van der Waals surface area contributed by atoms with Crippen LogP contribution in [-0.4, -0.2) is 67.3 Å². The standard InChI is InChI=1S/C21H24N4O3/c1-22-19(26)15-24-11-13-25(14-12-24)21(28)17-7-9-18(10-8-17)23-20(27)16-5-3-2-4-6-16/h2-10H,11-15H2,1H3,(H,22,26)(H,23,27). The third-order valence-corrected chi connectivity index (χ3v) is 4.73. The van der Waals surface area contributed by atoms with Gasteiger partial charge in [-0.2, -0.15) is 0 Å². The molecule has 0 atom stereocenters. The van der Waals surface area contributed by atoms with E-state index in [2.05, 4.69) is 10.6 Å². The van der Waals surface area contributed by atoms with Crippen LogP contribution in [0.2, 0.25) is 0 Å². The summed E-state index contributed by atoms with van der Waals surface area (Å²) < 4.78 is 0. The van der Waals surface area contributed by atoms with Gasteiger partial charge in [0.05, 0.1) is 6.54 Å². The molecule has 2 aromatic rings. The molecular weight excluding hydrogens is 356 g/mol. The molecule has 146 valence electrons. The van der Waals surface area contributed by atoms with Crippen molar-refractivity contribution in [1.82, 2.24) is 15.1 Å². The maximum atomic E-state index is 12.7. The summed E-state index contributed by atoms with van der Waals surface area (Å²) in [7, 11) is 1.62. The first kappa shape index (κ1) is 19.6. The van der Waals surface area contributed by atoms with Crippen LogP contribution in [-0.2, 0) is 4.79 Å². The van der Waals surface area contributed by atoms with Gasteiger partial charge in [0.2, 0.25) is 5.91 Å².